The highest BCUT2D eigenvalue weighted by Crippen LogP contribution is 2.16. The number of rotatable bonds is 3. The van der Waals surface area contributed by atoms with Gasteiger partial charge in [-0.25, -0.2) is 4.98 Å². The highest BCUT2D eigenvalue weighted by molar-refractivity contribution is 7.09. The second kappa shape index (κ2) is 7.01. The maximum absolute atomic E-state index is 12.7. The van der Waals surface area contributed by atoms with E-state index < -0.39 is 0 Å². The van der Waals surface area contributed by atoms with Crippen molar-refractivity contribution in [2.45, 2.75) is 13.5 Å². The molecule has 0 atom stereocenters. The molecule has 3 aromatic rings. The zero-order valence-corrected chi connectivity index (χ0v) is 15.3. The van der Waals surface area contributed by atoms with Crippen molar-refractivity contribution in [1.29, 1.82) is 0 Å². The number of hydrogen-bond acceptors (Lipinski definition) is 6. The van der Waals surface area contributed by atoms with Crippen LogP contribution in [0.3, 0.4) is 0 Å². The first-order valence-electron chi connectivity index (χ1n) is 8.56. The molecule has 26 heavy (non-hydrogen) atoms. The SMILES string of the molecule is Cc1csc(CN2CCN(C(=O)c3cc(=O)c4ccccc4o3)CC2)n1. The standard InChI is InChI=1S/C19H19N3O3S/c1-13-12-26-18(20-13)11-21-6-8-22(9-7-21)19(24)17-10-15(23)14-4-2-3-5-16(14)25-17/h2-5,10,12H,6-9,11H2,1H3. The third kappa shape index (κ3) is 3.40. The van der Waals surface area contributed by atoms with Gasteiger partial charge >= 0.3 is 0 Å². The molecular weight excluding hydrogens is 350 g/mol. The van der Waals surface area contributed by atoms with Crippen molar-refractivity contribution in [1.82, 2.24) is 14.8 Å². The molecule has 2 aromatic heterocycles. The number of carbonyl (C=O) groups excluding carboxylic acids is 1. The third-order valence-corrected chi connectivity index (χ3v) is 5.48. The molecule has 3 heterocycles. The van der Waals surface area contributed by atoms with Gasteiger partial charge in [0.15, 0.2) is 11.2 Å². The van der Waals surface area contributed by atoms with Crippen LogP contribution in [0.5, 0.6) is 0 Å². The Labute approximate surface area is 154 Å². The van der Waals surface area contributed by atoms with E-state index in [9.17, 15) is 9.59 Å². The molecular formula is C19H19N3O3S. The normalized spacial score (nSPS) is 15.5. The molecule has 0 bridgehead atoms. The van der Waals surface area contributed by atoms with Crippen molar-refractivity contribution in [2.75, 3.05) is 26.2 Å². The minimum atomic E-state index is -0.224. The number of aromatic nitrogens is 1. The van der Waals surface area contributed by atoms with Crippen molar-refractivity contribution < 1.29 is 9.21 Å². The van der Waals surface area contributed by atoms with Gasteiger partial charge in [-0.15, -0.1) is 11.3 Å². The quantitative estimate of drug-likeness (QED) is 0.710. The van der Waals surface area contributed by atoms with E-state index in [1.165, 1.54) is 6.07 Å². The lowest BCUT2D eigenvalue weighted by Crippen LogP contribution is -2.48. The molecule has 0 unspecified atom stereocenters. The minimum absolute atomic E-state index is 0.109. The van der Waals surface area contributed by atoms with E-state index in [-0.39, 0.29) is 17.1 Å². The Morgan fingerprint density at radius 3 is 2.73 bits per heavy atom. The fraction of sp³-hybridized carbons (Fsp3) is 0.316. The fourth-order valence-electron chi connectivity index (χ4n) is 3.14. The Kier molecular flexibility index (Phi) is 4.57. The Hall–Kier alpha value is -2.51. The number of nitrogens with zero attached hydrogens (tertiary/aromatic N) is 3. The fourth-order valence-corrected chi connectivity index (χ4v) is 3.95. The summed E-state index contributed by atoms with van der Waals surface area (Å²) < 4.78 is 5.67. The monoisotopic (exact) mass is 369 g/mol. The lowest BCUT2D eigenvalue weighted by Gasteiger charge is -2.33. The Balaban J connectivity index is 1.44. The van der Waals surface area contributed by atoms with Crippen molar-refractivity contribution in [3.63, 3.8) is 0 Å². The van der Waals surface area contributed by atoms with Crippen LogP contribution in [0.1, 0.15) is 21.3 Å². The second-order valence-electron chi connectivity index (χ2n) is 6.42. The summed E-state index contributed by atoms with van der Waals surface area (Å²) in [6.07, 6.45) is 0. The number of benzene rings is 1. The van der Waals surface area contributed by atoms with Crippen LogP contribution in [0.15, 0.2) is 44.9 Å². The summed E-state index contributed by atoms with van der Waals surface area (Å²) >= 11 is 1.67. The van der Waals surface area contributed by atoms with E-state index >= 15 is 0 Å². The molecule has 0 spiro atoms. The molecule has 0 radical (unpaired) electrons. The molecule has 6 nitrogen and oxygen atoms in total. The van der Waals surface area contributed by atoms with Crippen LogP contribution in [0.25, 0.3) is 11.0 Å². The van der Waals surface area contributed by atoms with Gasteiger partial charge in [0.1, 0.15) is 10.6 Å². The first kappa shape index (κ1) is 16.9. The van der Waals surface area contributed by atoms with Crippen molar-refractivity contribution in [2.24, 2.45) is 0 Å². The summed E-state index contributed by atoms with van der Waals surface area (Å²) in [7, 11) is 0. The molecule has 1 aliphatic rings. The number of carbonyl (C=O) groups is 1. The molecule has 4 rings (SSSR count). The van der Waals surface area contributed by atoms with Crippen molar-refractivity contribution >= 4 is 28.2 Å². The largest absolute Gasteiger partial charge is 0.451 e. The van der Waals surface area contributed by atoms with Crippen molar-refractivity contribution in [3.05, 3.63) is 62.4 Å². The van der Waals surface area contributed by atoms with Gasteiger partial charge in [0.25, 0.3) is 5.91 Å². The minimum Gasteiger partial charge on any atom is -0.451 e. The maximum Gasteiger partial charge on any atom is 0.289 e. The zero-order chi connectivity index (χ0) is 18.1. The molecule has 1 saturated heterocycles. The van der Waals surface area contributed by atoms with E-state index in [1.54, 1.807) is 40.5 Å². The van der Waals surface area contributed by atoms with Gasteiger partial charge < -0.3 is 9.32 Å². The van der Waals surface area contributed by atoms with Gasteiger partial charge in [-0.1, -0.05) is 12.1 Å². The summed E-state index contributed by atoms with van der Waals surface area (Å²) in [6.45, 7) is 5.59. The van der Waals surface area contributed by atoms with Crippen LogP contribution in [0, 0.1) is 6.92 Å². The van der Waals surface area contributed by atoms with E-state index in [0.717, 1.165) is 30.3 Å². The molecule has 0 aliphatic carbocycles. The van der Waals surface area contributed by atoms with Crippen LogP contribution in [-0.2, 0) is 6.54 Å². The number of aryl methyl sites for hydroxylation is 1. The van der Waals surface area contributed by atoms with Crippen LogP contribution in [0.2, 0.25) is 0 Å². The third-order valence-electron chi connectivity index (χ3n) is 4.53. The average Bonchev–Trinajstić information content (AvgIpc) is 3.06. The van der Waals surface area contributed by atoms with Gasteiger partial charge in [-0.05, 0) is 19.1 Å². The number of amides is 1. The molecule has 1 aromatic carbocycles. The second-order valence-corrected chi connectivity index (χ2v) is 7.36. The number of piperazine rings is 1. The van der Waals surface area contributed by atoms with Gasteiger partial charge in [-0.3, -0.25) is 14.5 Å². The molecule has 7 heteroatoms. The molecule has 134 valence electrons. The number of hydrogen-bond donors (Lipinski definition) is 0. The molecule has 1 fully saturated rings. The predicted molar refractivity (Wildman–Crippen MR) is 101 cm³/mol. The molecule has 0 N–H and O–H groups in total. The summed E-state index contributed by atoms with van der Waals surface area (Å²) in [5.74, 6) is -0.115. The van der Waals surface area contributed by atoms with E-state index in [4.69, 9.17) is 4.42 Å². The van der Waals surface area contributed by atoms with Crippen LogP contribution >= 0.6 is 11.3 Å². The van der Waals surface area contributed by atoms with Gasteiger partial charge in [0, 0.05) is 43.3 Å². The number of thiazole rings is 1. The van der Waals surface area contributed by atoms with E-state index in [0.29, 0.717) is 24.1 Å². The first-order chi connectivity index (χ1) is 12.6. The zero-order valence-electron chi connectivity index (χ0n) is 14.5. The maximum atomic E-state index is 12.7. The van der Waals surface area contributed by atoms with E-state index in [2.05, 4.69) is 15.3 Å². The average molecular weight is 369 g/mol. The Morgan fingerprint density at radius 2 is 2.00 bits per heavy atom. The summed E-state index contributed by atoms with van der Waals surface area (Å²) in [4.78, 5) is 33.5. The Morgan fingerprint density at radius 1 is 1.23 bits per heavy atom. The van der Waals surface area contributed by atoms with Crippen LogP contribution in [-0.4, -0.2) is 46.9 Å². The van der Waals surface area contributed by atoms with Crippen molar-refractivity contribution in [3.8, 4) is 0 Å². The van der Waals surface area contributed by atoms with Crippen LogP contribution in [0.4, 0.5) is 0 Å². The van der Waals surface area contributed by atoms with Gasteiger partial charge in [0.2, 0.25) is 0 Å². The predicted octanol–water partition coefficient (Wildman–Crippen LogP) is 2.52. The van der Waals surface area contributed by atoms with E-state index in [1.807, 2.05) is 6.92 Å². The summed E-state index contributed by atoms with van der Waals surface area (Å²) in [5.41, 5.74) is 1.30. The van der Waals surface area contributed by atoms with Gasteiger partial charge in [0.05, 0.1) is 11.9 Å². The van der Waals surface area contributed by atoms with Crippen LogP contribution < -0.4 is 5.43 Å². The lowest BCUT2D eigenvalue weighted by molar-refractivity contribution is 0.0598. The molecule has 0 saturated carbocycles. The summed E-state index contributed by atoms with van der Waals surface area (Å²) in [5, 5.41) is 3.65. The molecule has 1 aliphatic heterocycles. The Bertz CT molecular complexity index is 1000. The smallest absolute Gasteiger partial charge is 0.289 e. The highest BCUT2D eigenvalue weighted by Gasteiger charge is 2.24. The summed E-state index contributed by atoms with van der Waals surface area (Å²) in [6, 6.07) is 8.29. The lowest BCUT2D eigenvalue weighted by atomic mass is 10.2. The number of para-hydroxylation sites is 1. The number of fused-ring (bicyclic) bond motifs is 1. The molecule has 1 amide bonds. The highest BCUT2D eigenvalue weighted by atomic mass is 32.1. The van der Waals surface area contributed by atoms with Gasteiger partial charge in [-0.2, -0.15) is 0 Å². The first-order valence-corrected chi connectivity index (χ1v) is 9.43. The topological polar surface area (TPSA) is 66.7 Å².